The first-order valence-corrected chi connectivity index (χ1v) is 13.7. The Kier molecular flexibility index (Phi) is 7.15. The standard InChI is InChI=1S/C38H32N2/c1-27-12-9-19-32(24-27)39-34-21-11-18-31(26-34)35-22-23-36(29-14-5-3-6-15-29)38(37(35)30-16-7-4-8-17-30)40-33-20-10-13-28(2)25-33/h3-26,39-40H,1-2H3. The topological polar surface area (TPSA) is 24.1 Å². The summed E-state index contributed by atoms with van der Waals surface area (Å²) in [5.74, 6) is 0. The Balaban J connectivity index is 1.55. The van der Waals surface area contributed by atoms with Crippen molar-refractivity contribution in [3.05, 3.63) is 157 Å². The summed E-state index contributed by atoms with van der Waals surface area (Å²) in [5.41, 5.74) is 13.8. The van der Waals surface area contributed by atoms with Crippen molar-refractivity contribution in [2.75, 3.05) is 10.6 Å². The lowest BCUT2D eigenvalue weighted by molar-refractivity contribution is 1.44. The quantitative estimate of drug-likeness (QED) is 0.220. The predicted molar refractivity (Wildman–Crippen MR) is 172 cm³/mol. The fraction of sp³-hybridized carbons (Fsp3) is 0.0526. The van der Waals surface area contributed by atoms with E-state index in [2.05, 4.69) is 170 Å². The number of benzene rings is 6. The number of aryl methyl sites for hydroxylation is 2. The molecule has 0 aliphatic carbocycles. The average molecular weight is 517 g/mol. The molecule has 0 bridgehead atoms. The molecule has 2 heteroatoms. The Morgan fingerprint density at radius 2 is 0.875 bits per heavy atom. The zero-order valence-electron chi connectivity index (χ0n) is 22.9. The van der Waals surface area contributed by atoms with Crippen LogP contribution in [0.15, 0.2) is 146 Å². The van der Waals surface area contributed by atoms with E-state index in [1.54, 1.807) is 0 Å². The summed E-state index contributed by atoms with van der Waals surface area (Å²) in [7, 11) is 0. The van der Waals surface area contributed by atoms with Crippen LogP contribution < -0.4 is 10.6 Å². The summed E-state index contributed by atoms with van der Waals surface area (Å²) in [4.78, 5) is 0. The average Bonchev–Trinajstić information content (AvgIpc) is 2.98. The van der Waals surface area contributed by atoms with Crippen LogP contribution in [0.5, 0.6) is 0 Å². The van der Waals surface area contributed by atoms with E-state index in [4.69, 9.17) is 0 Å². The minimum absolute atomic E-state index is 1.06. The van der Waals surface area contributed by atoms with E-state index in [0.717, 1.165) is 28.3 Å². The molecule has 6 aromatic rings. The maximum atomic E-state index is 3.83. The second-order valence-corrected chi connectivity index (χ2v) is 10.2. The van der Waals surface area contributed by atoms with Gasteiger partial charge in [-0.3, -0.25) is 0 Å². The van der Waals surface area contributed by atoms with Gasteiger partial charge in [0.15, 0.2) is 0 Å². The van der Waals surface area contributed by atoms with Gasteiger partial charge in [0.1, 0.15) is 0 Å². The van der Waals surface area contributed by atoms with Crippen molar-refractivity contribution in [2.24, 2.45) is 0 Å². The maximum absolute atomic E-state index is 3.83. The molecule has 6 aromatic carbocycles. The third-order valence-corrected chi connectivity index (χ3v) is 7.12. The Morgan fingerprint density at radius 1 is 0.375 bits per heavy atom. The van der Waals surface area contributed by atoms with Crippen LogP contribution in [-0.2, 0) is 0 Å². The van der Waals surface area contributed by atoms with Crippen molar-refractivity contribution in [1.82, 2.24) is 0 Å². The van der Waals surface area contributed by atoms with E-state index in [9.17, 15) is 0 Å². The van der Waals surface area contributed by atoms with Crippen molar-refractivity contribution in [2.45, 2.75) is 13.8 Å². The van der Waals surface area contributed by atoms with Gasteiger partial charge in [-0.25, -0.2) is 0 Å². The fourth-order valence-corrected chi connectivity index (χ4v) is 5.26. The van der Waals surface area contributed by atoms with E-state index in [1.807, 2.05) is 0 Å². The lowest BCUT2D eigenvalue weighted by Crippen LogP contribution is -2.00. The van der Waals surface area contributed by atoms with Crippen molar-refractivity contribution >= 4 is 22.7 Å². The summed E-state index contributed by atoms with van der Waals surface area (Å²) >= 11 is 0. The maximum Gasteiger partial charge on any atom is 0.0549 e. The van der Waals surface area contributed by atoms with E-state index in [-0.39, 0.29) is 0 Å². The molecule has 6 rings (SSSR count). The monoisotopic (exact) mass is 516 g/mol. The van der Waals surface area contributed by atoms with Gasteiger partial charge in [0.05, 0.1) is 5.69 Å². The van der Waals surface area contributed by atoms with Crippen LogP contribution in [0.3, 0.4) is 0 Å². The van der Waals surface area contributed by atoms with Gasteiger partial charge < -0.3 is 10.6 Å². The number of nitrogens with one attached hydrogen (secondary N) is 2. The third kappa shape index (κ3) is 5.52. The Morgan fingerprint density at radius 3 is 1.50 bits per heavy atom. The van der Waals surface area contributed by atoms with Gasteiger partial charge in [0.25, 0.3) is 0 Å². The van der Waals surface area contributed by atoms with E-state index in [1.165, 1.54) is 38.9 Å². The lowest BCUT2D eigenvalue weighted by atomic mass is 9.88. The first kappa shape index (κ1) is 25.2. The van der Waals surface area contributed by atoms with E-state index >= 15 is 0 Å². The predicted octanol–water partition coefficient (Wildman–Crippen LogP) is 10.8. The fourth-order valence-electron chi connectivity index (χ4n) is 5.26. The van der Waals surface area contributed by atoms with Crippen LogP contribution in [0.1, 0.15) is 11.1 Å². The summed E-state index contributed by atoms with van der Waals surface area (Å²) < 4.78 is 0. The van der Waals surface area contributed by atoms with Crippen LogP contribution >= 0.6 is 0 Å². The molecular weight excluding hydrogens is 484 g/mol. The summed E-state index contributed by atoms with van der Waals surface area (Å²) in [5, 5.41) is 7.43. The first-order chi connectivity index (χ1) is 19.6. The molecule has 0 saturated heterocycles. The minimum Gasteiger partial charge on any atom is -0.356 e. The molecule has 0 saturated carbocycles. The molecule has 0 aliphatic rings. The van der Waals surface area contributed by atoms with Gasteiger partial charge in [-0.2, -0.15) is 0 Å². The zero-order valence-corrected chi connectivity index (χ0v) is 22.9. The van der Waals surface area contributed by atoms with Crippen molar-refractivity contribution in [3.8, 4) is 33.4 Å². The molecular formula is C38H32N2. The molecule has 0 spiro atoms. The molecule has 0 aromatic heterocycles. The minimum atomic E-state index is 1.06. The van der Waals surface area contributed by atoms with E-state index < -0.39 is 0 Å². The molecule has 0 aliphatic heterocycles. The summed E-state index contributed by atoms with van der Waals surface area (Å²) in [6.07, 6.45) is 0. The first-order valence-electron chi connectivity index (χ1n) is 13.7. The van der Waals surface area contributed by atoms with Gasteiger partial charge in [-0.05, 0) is 83.6 Å². The summed E-state index contributed by atoms with van der Waals surface area (Å²) in [6.45, 7) is 4.25. The smallest absolute Gasteiger partial charge is 0.0549 e. The number of hydrogen-bond acceptors (Lipinski definition) is 2. The molecule has 0 unspecified atom stereocenters. The lowest BCUT2D eigenvalue weighted by Gasteiger charge is -2.22. The SMILES string of the molecule is Cc1cccc(Nc2cccc(-c3ccc(-c4ccccc4)c(Nc4cccc(C)c4)c3-c3ccccc3)c2)c1. The Hall–Kier alpha value is -5.08. The number of rotatable bonds is 7. The van der Waals surface area contributed by atoms with Crippen molar-refractivity contribution < 1.29 is 0 Å². The molecule has 0 amide bonds. The Labute approximate surface area is 237 Å². The normalized spacial score (nSPS) is 10.8. The van der Waals surface area contributed by atoms with Crippen LogP contribution in [0, 0.1) is 13.8 Å². The molecule has 0 fully saturated rings. The molecule has 40 heavy (non-hydrogen) atoms. The van der Waals surface area contributed by atoms with Crippen LogP contribution in [0.4, 0.5) is 22.7 Å². The largest absolute Gasteiger partial charge is 0.356 e. The highest BCUT2D eigenvalue weighted by Crippen LogP contribution is 2.45. The molecule has 0 radical (unpaired) electrons. The Bertz CT molecular complexity index is 1750. The molecule has 0 atom stereocenters. The van der Waals surface area contributed by atoms with Gasteiger partial charge in [0.2, 0.25) is 0 Å². The third-order valence-electron chi connectivity index (χ3n) is 7.12. The van der Waals surface area contributed by atoms with Gasteiger partial charge in [-0.1, -0.05) is 109 Å². The highest BCUT2D eigenvalue weighted by atomic mass is 14.9. The van der Waals surface area contributed by atoms with Gasteiger partial charge >= 0.3 is 0 Å². The van der Waals surface area contributed by atoms with Crippen LogP contribution in [-0.4, -0.2) is 0 Å². The number of hydrogen-bond donors (Lipinski definition) is 2. The molecule has 2 N–H and O–H groups in total. The van der Waals surface area contributed by atoms with Crippen LogP contribution in [0.2, 0.25) is 0 Å². The zero-order chi connectivity index (χ0) is 27.3. The molecule has 194 valence electrons. The highest BCUT2D eigenvalue weighted by molar-refractivity contribution is 6.00. The van der Waals surface area contributed by atoms with Gasteiger partial charge in [0, 0.05) is 28.2 Å². The summed E-state index contributed by atoms with van der Waals surface area (Å²) in [6, 6.07) is 51.5. The van der Waals surface area contributed by atoms with Gasteiger partial charge in [-0.15, -0.1) is 0 Å². The van der Waals surface area contributed by atoms with Crippen molar-refractivity contribution in [1.29, 1.82) is 0 Å². The second kappa shape index (κ2) is 11.3. The number of anilines is 4. The van der Waals surface area contributed by atoms with E-state index in [0.29, 0.717) is 0 Å². The molecule has 2 nitrogen and oxygen atoms in total. The van der Waals surface area contributed by atoms with Crippen LogP contribution in [0.25, 0.3) is 33.4 Å². The highest BCUT2D eigenvalue weighted by Gasteiger charge is 2.18. The second-order valence-electron chi connectivity index (χ2n) is 10.2. The van der Waals surface area contributed by atoms with Crippen molar-refractivity contribution in [3.63, 3.8) is 0 Å². The molecule has 0 heterocycles.